The number of carbonyl (C=O) groups is 1. The molecule has 1 atom stereocenters. The van der Waals surface area contributed by atoms with E-state index in [0.29, 0.717) is 5.41 Å². The van der Waals surface area contributed by atoms with Crippen LogP contribution in [-0.4, -0.2) is 74.7 Å². The smallest absolute Gasteiger partial charge is 0.243 e. The summed E-state index contributed by atoms with van der Waals surface area (Å²) in [5, 5.41) is 3.51. The fourth-order valence-electron chi connectivity index (χ4n) is 4.37. The summed E-state index contributed by atoms with van der Waals surface area (Å²) in [6.45, 7) is 4.00. The van der Waals surface area contributed by atoms with Crippen molar-refractivity contribution in [2.45, 2.75) is 57.5 Å². The molecule has 25 heavy (non-hydrogen) atoms. The molecule has 1 aliphatic carbocycles. The van der Waals surface area contributed by atoms with Crippen molar-refractivity contribution in [2.24, 2.45) is 10.4 Å². The molecule has 0 aromatic carbocycles. The Balaban J connectivity index is 1.61. The molecule has 0 aromatic heterocycles. The molecule has 142 valence electrons. The Kier molecular flexibility index (Phi) is 6.20. The third-order valence-corrected chi connectivity index (χ3v) is 6.03. The minimum absolute atomic E-state index is 0.0444. The maximum atomic E-state index is 12.0. The Bertz CT molecular complexity index is 480. The summed E-state index contributed by atoms with van der Waals surface area (Å²) in [5.41, 5.74) is 0.495. The number of nitrogens with one attached hydrogen (secondary N) is 1. The molecule has 1 amide bonds. The number of nitrogens with zero attached hydrogens (tertiary/aromatic N) is 3. The Hall–Kier alpha value is -1.30. The van der Waals surface area contributed by atoms with Gasteiger partial charge >= 0.3 is 0 Å². The number of hydrogen-bond donors (Lipinski definition) is 1. The van der Waals surface area contributed by atoms with E-state index in [0.717, 1.165) is 38.6 Å². The van der Waals surface area contributed by atoms with Gasteiger partial charge in [-0.05, 0) is 43.9 Å². The number of amides is 1. The Morgan fingerprint density at radius 1 is 1.24 bits per heavy atom. The average Bonchev–Trinajstić information content (AvgIpc) is 3.25. The molecule has 1 N–H and O–H groups in total. The molecule has 0 radical (unpaired) electrons. The van der Waals surface area contributed by atoms with Gasteiger partial charge < -0.3 is 19.9 Å². The van der Waals surface area contributed by atoms with E-state index < -0.39 is 0 Å². The van der Waals surface area contributed by atoms with Crippen LogP contribution in [0.5, 0.6) is 0 Å². The van der Waals surface area contributed by atoms with Gasteiger partial charge in [0.1, 0.15) is 6.54 Å². The molecular formula is C19H34N4O2. The predicted octanol–water partition coefficient (Wildman–Crippen LogP) is 1.86. The number of carbonyl (C=O) groups excluding carboxylic acids is 1. The number of likely N-dealkylation sites (tertiary alicyclic amines) is 1. The van der Waals surface area contributed by atoms with Crippen LogP contribution in [0.15, 0.2) is 4.99 Å². The van der Waals surface area contributed by atoms with E-state index >= 15 is 0 Å². The lowest BCUT2D eigenvalue weighted by atomic mass is 9.86. The first kappa shape index (κ1) is 18.5. The Morgan fingerprint density at radius 3 is 2.72 bits per heavy atom. The molecule has 0 bridgehead atoms. The third kappa shape index (κ3) is 4.87. The van der Waals surface area contributed by atoms with Gasteiger partial charge in [-0.3, -0.25) is 4.79 Å². The van der Waals surface area contributed by atoms with Crippen molar-refractivity contribution in [2.75, 3.05) is 46.9 Å². The van der Waals surface area contributed by atoms with Gasteiger partial charge in [-0.25, -0.2) is 4.99 Å². The minimum atomic E-state index is 0.0444. The lowest BCUT2D eigenvalue weighted by Crippen LogP contribution is -2.45. The molecule has 2 heterocycles. The van der Waals surface area contributed by atoms with Gasteiger partial charge in [-0.1, -0.05) is 12.8 Å². The van der Waals surface area contributed by atoms with E-state index in [-0.39, 0.29) is 18.6 Å². The van der Waals surface area contributed by atoms with Crippen molar-refractivity contribution in [3.05, 3.63) is 0 Å². The van der Waals surface area contributed by atoms with Gasteiger partial charge in [0.25, 0.3) is 0 Å². The number of hydrogen-bond acceptors (Lipinski definition) is 3. The normalized spacial score (nSPS) is 26.2. The maximum absolute atomic E-state index is 12.0. The second-order valence-corrected chi connectivity index (χ2v) is 8.18. The Labute approximate surface area is 152 Å². The van der Waals surface area contributed by atoms with Crippen LogP contribution in [0.2, 0.25) is 0 Å². The van der Waals surface area contributed by atoms with Crippen LogP contribution in [0.4, 0.5) is 0 Å². The van der Waals surface area contributed by atoms with E-state index in [2.05, 4.69) is 15.2 Å². The third-order valence-electron chi connectivity index (χ3n) is 6.03. The van der Waals surface area contributed by atoms with Crippen molar-refractivity contribution in [1.29, 1.82) is 0 Å². The number of ether oxygens (including phenoxy) is 1. The van der Waals surface area contributed by atoms with Crippen molar-refractivity contribution < 1.29 is 9.53 Å². The highest BCUT2D eigenvalue weighted by molar-refractivity contribution is 5.85. The SMILES string of the molecule is CN(C)C(=O)CN=C(NCC1CCCCO1)N1CCC2(CCCC2)C1. The van der Waals surface area contributed by atoms with Crippen molar-refractivity contribution in [3.63, 3.8) is 0 Å². The van der Waals surface area contributed by atoms with Crippen LogP contribution in [-0.2, 0) is 9.53 Å². The van der Waals surface area contributed by atoms with E-state index in [9.17, 15) is 4.79 Å². The fourth-order valence-corrected chi connectivity index (χ4v) is 4.37. The first-order valence-corrected chi connectivity index (χ1v) is 9.93. The molecular weight excluding hydrogens is 316 g/mol. The fraction of sp³-hybridized carbons (Fsp3) is 0.895. The van der Waals surface area contributed by atoms with Crippen molar-refractivity contribution in [1.82, 2.24) is 15.1 Å². The zero-order valence-corrected chi connectivity index (χ0v) is 15.9. The first-order valence-electron chi connectivity index (χ1n) is 9.93. The summed E-state index contributed by atoms with van der Waals surface area (Å²) in [6.07, 6.45) is 10.5. The van der Waals surface area contributed by atoms with Crippen LogP contribution in [0.1, 0.15) is 51.4 Å². The zero-order valence-electron chi connectivity index (χ0n) is 15.9. The molecule has 3 fully saturated rings. The molecule has 2 saturated heterocycles. The number of likely N-dealkylation sites (N-methyl/N-ethyl adjacent to an activating group) is 1. The first-order chi connectivity index (χ1) is 12.1. The summed E-state index contributed by atoms with van der Waals surface area (Å²) in [5.74, 6) is 0.941. The number of rotatable bonds is 4. The topological polar surface area (TPSA) is 57.2 Å². The van der Waals surface area contributed by atoms with Gasteiger partial charge in [0.05, 0.1) is 6.10 Å². The van der Waals surface area contributed by atoms with Gasteiger partial charge in [0.2, 0.25) is 5.91 Å². The van der Waals surface area contributed by atoms with Gasteiger partial charge in [0, 0.05) is 40.3 Å². The summed E-state index contributed by atoms with van der Waals surface area (Å²) in [4.78, 5) is 20.6. The quantitative estimate of drug-likeness (QED) is 0.621. The van der Waals surface area contributed by atoms with Gasteiger partial charge in [0.15, 0.2) is 5.96 Å². The average molecular weight is 351 g/mol. The van der Waals surface area contributed by atoms with Crippen molar-refractivity contribution in [3.8, 4) is 0 Å². The molecule has 1 saturated carbocycles. The lowest BCUT2D eigenvalue weighted by Gasteiger charge is -2.28. The second-order valence-electron chi connectivity index (χ2n) is 8.18. The van der Waals surface area contributed by atoms with Crippen LogP contribution in [0, 0.1) is 5.41 Å². The second kappa shape index (κ2) is 8.39. The summed E-state index contributed by atoms with van der Waals surface area (Å²) >= 11 is 0. The van der Waals surface area contributed by atoms with Crippen LogP contribution in [0.25, 0.3) is 0 Å². The summed E-state index contributed by atoms with van der Waals surface area (Å²) in [7, 11) is 3.56. The molecule has 3 rings (SSSR count). The minimum Gasteiger partial charge on any atom is -0.376 e. The van der Waals surface area contributed by atoms with Crippen molar-refractivity contribution >= 4 is 11.9 Å². The molecule has 6 heteroatoms. The monoisotopic (exact) mass is 350 g/mol. The molecule has 1 spiro atoms. The highest BCUT2D eigenvalue weighted by Crippen LogP contribution is 2.45. The zero-order chi connectivity index (χ0) is 17.7. The predicted molar refractivity (Wildman–Crippen MR) is 99.7 cm³/mol. The van der Waals surface area contributed by atoms with Crippen LogP contribution < -0.4 is 5.32 Å². The molecule has 2 aliphatic heterocycles. The number of guanidine groups is 1. The largest absolute Gasteiger partial charge is 0.376 e. The standard InChI is InChI=1S/C19H34N4O2/c1-22(2)17(24)14-21-18(20-13-16-7-3-6-12-25-16)23-11-10-19(15-23)8-4-5-9-19/h16H,3-15H2,1-2H3,(H,20,21). The molecule has 6 nitrogen and oxygen atoms in total. The van der Waals surface area contributed by atoms with Crippen LogP contribution >= 0.6 is 0 Å². The van der Waals surface area contributed by atoms with E-state index in [4.69, 9.17) is 4.74 Å². The van der Waals surface area contributed by atoms with Crippen LogP contribution in [0.3, 0.4) is 0 Å². The summed E-state index contributed by atoms with van der Waals surface area (Å²) in [6, 6.07) is 0. The van der Waals surface area contributed by atoms with Gasteiger partial charge in [-0.2, -0.15) is 0 Å². The highest BCUT2D eigenvalue weighted by Gasteiger charge is 2.41. The Morgan fingerprint density at radius 2 is 2.04 bits per heavy atom. The van der Waals surface area contributed by atoms with E-state index in [1.54, 1.807) is 19.0 Å². The molecule has 1 unspecified atom stereocenters. The van der Waals surface area contributed by atoms with E-state index in [1.165, 1.54) is 44.9 Å². The van der Waals surface area contributed by atoms with E-state index in [1.807, 2.05) is 0 Å². The molecule has 3 aliphatic rings. The highest BCUT2D eigenvalue weighted by atomic mass is 16.5. The molecule has 0 aromatic rings. The maximum Gasteiger partial charge on any atom is 0.243 e. The summed E-state index contributed by atoms with van der Waals surface area (Å²) < 4.78 is 5.84. The lowest BCUT2D eigenvalue weighted by molar-refractivity contribution is -0.127. The number of aliphatic imine (C=N–C) groups is 1. The van der Waals surface area contributed by atoms with Gasteiger partial charge in [-0.15, -0.1) is 0 Å².